The Morgan fingerprint density at radius 3 is 2.68 bits per heavy atom. The van der Waals surface area contributed by atoms with E-state index in [1.165, 1.54) is 5.56 Å². The van der Waals surface area contributed by atoms with Gasteiger partial charge in [-0.05, 0) is 40.7 Å². The molecule has 0 spiro atoms. The van der Waals surface area contributed by atoms with Crippen LogP contribution in [0.25, 0.3) is 0 Å². The first kappa shape index (κ1) is 12.9. The fourth-order valence-corrected chi connectivity index (χ4v) is 3.36. The van der Waals surface area contributed by atoms with Crippen LogP contribution in [0, 0.1) is 0 Å². The van der Waals surface area contributed by atoms with Crippen LogP contribution in [-0.4, -0.2) is 36.4 Å². The molecule has 2 aliphatic rings. The number of aromatic nitrogens is 2. The maximum atomic E-state index is 6.20. The van der Waals surface area contributed by atoms with Crippen molar-refractivity contribution in [1.29, 1.82) is 0 Å². The fraction of sp³-hybridized carbons (Fsp3) is 0.786. The standard InChI is InChI=1S/C14H24N4O/c1-13(2)10-11(14(3,4)19-13)16-17-12(10)18-8-5-6-15-7-9-18/h15H,5-9H2,1-4H3,(H,16,17). The van der Waals surface area contributed by atoms with Gasteiger partial charge in [-0.2, -0.15) is 5.10 Å². The van der Waals surface area contributed by atoms with Crippen LogP contribution in [0.1, 0.15) is 45.4 Å². The van der Waals surface area contributed by atoms with Gasteiger partial charge >= 0.3 is 0 Å². The highest BCUT2D eigenvalue weighted by molar-refractivity contribution is 5.55. The number of anilines is 1. The molecule has 106 valence electrons. The van der Waals surface area contributed by atoms with Crippen molar-refractivity contribution in [3.8, 4) is 0 Å². The molecule has 0 bridgehead atoms. The molecule has 0 aromatic carbocycles. The average Bonchev–Trinajstić information content (AvgIpc) is 2.68. The topological polar surface area (TPSA) is 53.2 Å². The molecule has 0 atom stereocenters. The summed E-state index contributed by atoms with van der Waals surface area (Å²) in [7, 11) is 0. The Morgan fingerprint density at radius 2 is 1.89 bits per heavy atom. The minimum atomic E-state index is -0.284. The Morgan fingerprint density at radius 1 is 1.11 bits per heavy atom. The normalized spacial score (nSPS) is 25.2. The monoisotopic (exact) mass is 264 g/mol. The van der Waals surface area contributed by atoms with E-state index >= 15 is 0 Å². The van der Waals surface area contributed by atoms with Gasteiger partial charge in [0.1, 0.15) is 5.60 Å². The minimum Gasteiger partial charge on any atom is -0.358 e. The van der Waals surface area contributed by atoms with Gasteiger partial charge in [0, 0.05) is 19.6 Å². The third-order valence-electron chi connectivity index (χ3n) is 4.10. The van der Waals surface area contributed by atoms with Gasteiger partial charge in [0.25, 0.3) is 0 Å². The molecule has 0 amide bonds. The molecule has 1 fully saturated rings. The molecule has 0 aliphatic carbocycles. The maximum Gasteiger partial charge on any atom is 0.156 e. The summed E-state index contributed by atoms with van der Waals surface area (Å²) in [5.74, 6) is 1.08. The first-order chi connectivity index (χ1) is 8.92. The molecule has 1 saturated heterocycles. The van der Waals surface area contributed by atoms with Crippen LogP contribution >= 0.6 is 0 Å². The van der Waals surface area contributed by atoms with Crippen molar-refractivity contribution in [3.63, 3.8) is 0 Å². The lowest BCUT2D eigenvalue weighted by atomic mass is 9.96. The molecular formula is C14H24N4O. The minimum absolute atomic E-state index is 0.277. The van der Waals surface area contributed by atoms with Crippen molar-refractivity contribution in [2.75, 3.05) is 31.1 Å². The van der Waals surface area contributed by atoms with Gasteiger partial charge < -0.3 is 15.0 Å². The largest absolute Gasteiger partial charge is 0.358 e. The number of fused-ring (bicyclic) bond motifs is 1. The van der Waals surface area contributed by atoms with E-state index in [1.807, 2.05) is 0 Å². The summed E-state index contributed by atoms with van der Waals surface area (Å²) in [6.07, 6.45) is 1.16. The number of rotatable bonds is 1. The van der Waals surface area contributed by atoms with Crippen LogP contribution in [0.2, 0.25) is 0 Å². The summed E-state index contributed by atoms with van der Waals surface area (Å²) in [5, 5.41) is 11.2. The predicted octanol–water partition coefficient (Wildman–Crippen LogP) is 1.71. The van der Waals surface area contributed by atoms with Crippen LogP contribution < -0.4 is 10.2 Å². The van der Waals surface area contributed by atoms with Gasteiger partial charge in [-0.25, -0.2) is 0 Å². The zero-order chi connectivity index (χ0) is 13.7. The molecule has 5 nitrogen and oxygen atoms in total. The Hall–Kier alpha value is -1.07. The quantitative estimate of drug-likeness (QED) is 0.811. The Labute approximate surface area is 114 Å². The highest BCUT2D eigenvalue weighted by atomic mass is 16.5. The highest BCUT2D eigenvalue weighted by Crippen LogP contribution is 2.49. The number of nitrogens with zero attached hydrogens (tertiary/aromatic N) is 2. The molecule has 2 N–H and O–H groups in total. The van der Waals surface area contributed by atoms with E-state index in [2.05, 4.69) is 48.1 Å². The fourth-order valence-electron chi connectivity index (χ4n) is 3.36. The van der Waals surface area contributed by atoms with E-state index in [1.54, 1.807) is 0 Å². The van der Waals surface area contributed by atoms with Crippen molar-refractivity contribution in [2.24, 2.45) is 0 Å². The SMILES string of the molecule is CC1(C)OC(C)(C)c2c(N3CCCNCC3)n[nH]c21. The van der Waals surface area contributed by atoms with Gasteiger partial charge in [-0.1, -0.05) is 0 Å². The number of ether oxygens (including phenoxy) is 1. The molecule has 5 heteroatoms. The van der Waals surface area contributed by atoms with Crippen molar-refractivity contribution in [1.82, 2.24) is 15.5 Å². The summed E-state index contributed by atoms with van der Waals surface area (Å²) in [5.41, 5.74) is 1.80. The average molecular weight is 264 g/mol. The molecule has 0 radical (unpaired) electrons. The summed E-state index contributed by atoms with van der Waals surface area (Å²) in [4.78, 5) is 2.38. The molecule has 0 unspecified atom stereocenters. The van der Waals surface area contributed by atoms with Crippen molar-refractivity contribution >= 4 is 5.82 Å². The van der Waals surface area contributed by atoms with Crippen molar-refractivity contribution in [3.05, 3.63) is 11.3 Å². The van der Waals surface area contributed by atoms with Gasteiger partial charge in [-0.3, -0.25) is 5.10 Å². The third kappa shape index (κ3) is 2.05. The zero-order valence-corrected chi connectivity index (χ0v) is 12.3. The summed E-state index contributed by atoms with van der Waals surface area (Å²) in [6, 6.07) is 0. The number of hydrogen-bond donors (Lipinski definition) is 2. The number of nitrogens with one attached hydrogen (secondary N) is 2. The lowest BCUT2D eigenvalue weighted by molar-refractivity contribution is -0.107. The number of aromatic amines is 1. The number of H-pyrrole nitrogens is 1. The van der Waals surface area contributed by atoms with Crippen LogP contribution in [-0.2, 0) is 15.9 Å². The van der Waals surface area contributed by atoms with Crippen LogP contribution in [0.4, 0.5) is 5.82 Å². The van der Waals surface area contributed by atoms with E-state index in [4.69, 9.17) is 4.74 Å². The van der Waals surface area contributed by atoms with Crippen molar-refractivity contribution < 1.29 is 4.74 Å². The number of hydrogen-bond acceptors (Lipinski definition) is 4. The van der Waals surface area contributed by atoms with E-state index in [-0.39, 0.29) is 11.2 Å². The second-order valence-corrected chi connectivity index (χ2v) is 6.51. The van der Waals surface area contributed by atoms with Gasteiger partial charge in [0.2, 0.25) is 0 Å². The van der Waals surface area contributed by atoms with Crippen LogP contribution in [0.3, 0.4) is 0 Å². The Balaban J connectivity index is 2.01. The Bertz CT molecular complexity index is 470. The summed E-state index contributed by atoms with van der Waals surface area (Å²) >= 11 is 0. The first-order valence-electron chi connectivity index (χ1n) is 7.17. The van der Waals surface area contributed by atoms with E-state index in [0.717, 1.165) is 44.1 Å². The molecule has 3 rings (SSSR count). The lowest BCUT2D eigenvalue weighted by Crippen LogP contribution is -2.31. The van der Waals surface area contributed by atoms with E-state index in [0.29, 0.717) is 0 Å². The molecule has 1 aromatic heterocycles. The van der Waals surface area contributed by atoms with E-state index < -0.39 is 0 Å². The van der Waals surface area contributed by atoms with Crippen molar-refractivity contribution in [2.45, 2.75) is 45.3 Å². The highest BCUT2D eigenvalue weighted by Gasteiger charge is 2.47. The van der Waals surface area contributed by atoms with Crippen LogP contribution in [0.15, 0.2) is 0 Å². The zero-order valence-electron chi connectivity index (χ0n) is 12.3. The second kappa shape index (κ2) is 4.21. The first-order valence-corrected chi connectivity index (χ1v) is 7.17. The molecule has 3 heterocycles. The third-order valence-corrected chi connectivity index (χ3v) is 4.10. The second-order valence-electron chi connectivity index (χ2n) is 6.51. The van der Waals surface area contributed by atoms with Gasteiger partial charge in [0.15, 0.2) is 5.82 Å². The molecule has 19 heavy (non-hydrogen) atoms. The van der Waals surface area contributed by atoms with Gasteiger partial charge in [0.05, 0.1) is 16.9 Å². The predicted molar refractivity (Wildman–Crippen MR) is 75.4 cm³/mol. The molecular weight excluding hydrogens is 240 g/mol. The molecule has 2 aliphatic heterocycles. The lowest BCUT2D eigenvalue weighted by Gasteiger charge is -2.27. The van der Waals surface area contributed by atoms with Crippen LogP contribution in [0.5, 0.6) is 0 Å². The smallest absolute Gasteiger partial charge is 0.156 e. The molecule has 1 aromatic rings. The van der Waals surface area contributed by atoms with Gasteiger partial charge in [-0.15, -0.1) is 0 Å². The molecule has 0 saturated carbocycles. The maximum absolute atomic E-state index is 6.20. The Kier molecular flexibility index (Phi) is 2.87. The van der Waals surface area contributed by atoms with E-state index in [9.17, 15) is 0 Å². The summed E-state index contributed by atoms with van der Waals surface area (Å²) < 4.78 is 6.20. The summed E-state index contributed by atoms with van der Waals surface area (Å²) in [6.45, 7) is 12.7.